The van der Waals surface area contributed by atoms with Crippen molar-refractivity contribution >= 4 is 35.0 Å². The Balaban J connectivity index is 1.72. The van der Waals surface area contributed by atoms with Gasteiger partial charge in [-0.25, -0.2) is 0 Å². The molecule has 3 amide bonds. The summed E-state index contributed by atoms with van der Waals surface area (Å²) in [6.07, 6.45) is 2.74. The van der Waals surface area contributed by atoms with Crippen LogP contribution in [0.25, 0.3) is 0 Å². The number of hydrogen-bond acceptors (Lipinski definition) is 4. The van der Waals surface area contributed by atoms with Crippen LogP contribution >= 0.6 is 11.6 Å². The zero-order valence-electron chi connectivity index (χ0n) is 15.1. The van der Waals surface area contributed by atoms with Gasteiger partial charge in [-0.05, 0) is 43.2 Å². The number of hydrogen-bond donors (Lipinski definition) is 1. The molecule has 8 heteroatoms. The molecular weight excluding hydrogens is 370 g/mol. The second kappa shape index (κ2) is 7.84. The van der Waals surface area contributed by atoms with E-state index in [9.17, 15) is 14.4 Å². The molecule has 0 aliphatic carbocycles. The highest BCUT2D eigenvalue weighted by Crippen LogP contribution is 2.25. The zero-order valence-corrected chi connectivity index (χ0v) is 15.8. The van der Waals surface area contributed by atoms with Crippen molar-refractivity contribution in [2.75, 3.05) is 26.0 Å². The highest BCUT2D eigenvalue weighted by Gasteiger charge is 2.35. The highest BCUT2D eigenvalue weighted by molar-refractivity contribution is 6.34. The largest absolute Gasteiger partial charge is 0.459 e. The maximum atomic E-state index is 12.7. The minimum atomic E-state index is -0.579. The average Bonchev–Trinajstić information content (AvgIpc) is 3.32. The van der Waals surface area contributed by atoms with Crippen molar-refractivity contribution < 1.29 is 18.8 Å². The molecule has 2 aromatic rings. The number of carbonyl (C=O) groups is 3. The Hall–Kier alpha value is -2.80. The van der Waals surface area contributed by atoms with Gasteiger partial charge < -0.3 is 19.5 Å². The Morgan fingerprint density at radius 3 is 2.67 bits per heavy atom. The Morgan fingerprint density at radius 1 is 1.26 bits per heavy atom. The molecule has 1 aromatic heterocycles. The molecule has 0 bridgehead atoms. The van der Waals surface area contributed by atoms with E-state index in [1.165, 1.54) is 22.1 Å². The van der Waals surface area contributed by atoms with E-state index in [0.717, 1.165) is 6.42 Å². The van der Waals surface area contributed by atoms with Gasteiger partial charge in [0.05, 0.1) is 16.8 Å². The van der Waals surface area contributed by atoms with Gasteiger partial charge in [0.25, 0.3) is 11.8 Å². The first-order chi connectivity index (χ1) is 12.9. The smallest absolute Gasteiger partial charge is 0.290 e. The summed E-state index contributed by atoms with van der Waals surface area (Å²) in [4.78, 5) is 40.2. The number of amides is 3. The predicted molar refractivity (Wildman–Crippen MR) is 101 cm³/mol. The van der Waals surface area contributed by atoms with Gasteiger partial charge in [0.2, 0.25) is 5.91 Å². The summed E-state index contributed by atoms with van der Waals surface area (Å²) in [5, 5.41) is 3.03. The average molecular weight is 390 g/mol. The van der Waals surface area contributed by atoms with Crippen molar-refractivity contribution in [3.05, 3.63) is 52.9 Å². The monoisotopic (exact) mass is 389 g/mol. The molecule has 2 heterocycles. The first-order valence-electron chi connectivity index (χ1n) is 8.55. The van der Waals surface area contributed by atoms with Crippen molar-refractivity contribution in [2.45, 2.75) is 18.9 Å². The molecule has 1 unspecified atom stereocenters. The van der Waals surface area contributed by atoms with E-state index in [4.69, 9.17) is 16.0 Å². The Kier molecular flexibility index (Phi) is 5.51. The molecule has 1 atom stereocenters. The van der Waals surface area contributed by atoms with E-state index in [2.05, 4.69) is 5.32 Å². The second-order valence-corrected chi connectivity index (χ2v) is 6.92. The summed E-state index contributed by atoms with van der Waals surface area (Å²) < 4.78 is 5.15. The molecule has 1 N–H and O–H groups in total. The van der Waals surface area contributed by atoms with Crippen LogP contribution in [0.3, 0.4) is 0 Å². The number of likely N-dealkylation sites (tertiary alicyclic amines) is 1. The lowest BCUT2D eigenvalue weighted by molar-refractivity contribution is -0.119. The van der Waals surface area contributed by atoms with Crippen LogP contribution in [-0.4, -0.2) is 54.2 Å². The topological polar surface area (TPSA) is 82.9 Å². The molecule has 1 aliphatic rings. The number of nitrogens with zero attached hydrogens (tertiary/aromatic N) is 2. The lowest BCUT2D eigenvalue weighted by Gasteiger charge is -2.23. The fraction of sp³-hybridized carbons (Fsp3) is 0.316. The third-order valence-corrected chi connectivity index (χ3v) is 4.73. The number of rotatable bonds is 4. The minimum absolute atomic E-state index is 0.212. The highest BCUT2D eigenvalue weighted by atomic mass is 35.5. The number of carbonyl (C=O) groups excluding carboxylic acids is 3. The molecule has 7 nitrogen and oxygen atoms in total. The maximum absolute atomic E-state index is 12.7. The van der Waals surface area contributed by atoms with Gasteiger partial charge in [-0.3, -0.25) is 14.4 Å². The minimum Gasteiger partial charge on any atom is -0.459 e. The summed E-state index contributed by atoms with van der Waals surface area (Å²) in [5.74, 6) is -0.606. The molecule has 1 aromatic carbocycles. The zero-order chi connectivity index (χ0) is 19.6. The summed E-state index contributed by atoms with van der Waals surface area (Å²) in [7, 11) is 3.28. The van der Waals surface area contributed by atoms with Gasteiger partial charge >= 0.3 is 0 Å². The summed E-state index contributed by atoms with van der Waals surface area (Å²) in [6.45, 7) is 0.495. The van der Waals surface area contributed by atoms with Crippen LogP contribution in [0.4, 0.5) is 5.69 Å². The lowest BCUT2D eigenvalue weighted by Crippen LogP contribution is -2.43. The Labute approximate surface area is 161 Å². The predicted octanol–water partition coefficient (Wildman–Crippen LogP) is 2.88. The van der Waals surface area contributed by atoms with E-state index in [-0.39, 0.29) is 28.5 Å². The molecular formula is C19H20ClN3O4. The van der Waals surface area contributed by atoms with E-state index >= 15 is 0 Å². The van der Waals surface area contributed by atoms with Crippen molar-refractivity contribution in [1.29, 1.82) is 0 Å². The third-order valence-electron chi connectivity index (χ3n) is 4.42. The van der Waals surface area contributed by atoms with Crippen LogP contribution in [0.2, 0.25) is 5.02 Å². The number of anilines is 1. The number of furan rings is 1. The van der Waals surface area contributed by atoms with Gasteiger partial charge in [0.15, 0.2) is 5.76 Å². The summed E-state index contributed by atoms with van der Waals surface area (Å²) >= 11 is 6.18. The van der Waals surface area contributed by atoms with Crippen LogP contribution in [0.15, 0.2) is 41.0 Å². The van der Waals surface area contributed by atoms with Crippen molar-refractivity contribution in [3.8, 4) is 0 Å². The SMILES string of the molecule is CN(C)C(=O)c1ccc(NC(=O)C2CCCN2C(=O)c2ccco2)cc1Cl. The molecule has 0 radical (unpaired) electrons. The fourth-order valence-corrected chi connectivity index (χ4v) is 3.32. The summed E-state index contributed by atoms with van der Waals surface area (Å²) in [6, 6.07) is 7.36. The van der Waals surface area contributed by atoms with Crippen LogP contribution < -0.4 is 5.32 Å². The Morgan fingerprint density at radius 2 is 2.04 bits per heavy atom. The van der Waals surface area contributed by atoms with Crippen LogP contribution in [0.1, 0.15) is 33.8 Å². The lowest BCUT2D eigenvalue weighted by atomic mass is 10.1. The van der Waals surface area contributed by atoms with Crippen LogP contribution in [0, 0.1) is 0 Å². The third kappa shape index (κ3) is 3.98. The molecule has 1 aliphatic heterocycles. The summed E-state index contributed by atoms with van der Waals surface area (Å²) in [5.41, 5.74) is 0.827. The van der Waals surface area contributed by atoms with Crippen LogP contribution in [-0.2, 0) is 4.79 Å². The van der Waals surface area contributed by atoms with Gasteiger partial charge in [-0.2, -0.15) is 0 Å². The van der Waals surface area contributed by atoms with E-state index in [1.807, 2.05) is 0 Å². The first kappa shape index (κ1) is 19.0. The van der Waals surface area contributed by atoms with Gasteiger partial charge in [-0.1, -0.05) is 11.6 Å². The molecule has 142 valence electrons. The molecule has 27 heavy (non-hydrogen) atoms. The number of benzene rings is 1. The molecule has 1 saturated heterocycles. The normalized spacial score (nSPS) is 16.3. The molecule has 0 spiro atoms. The second-order valence-electron chi connectivity index (χ2n) is 6.52. The maximum Gasteiger partial charge on any atom is 0.290 e. The fourth-order valence-electron chi connectivity index (χ4n) is 3.06. The van der Waals surface area contributed by atoms with E-state index < -0.39 is 6.04 Å². The number of halogens is 1. The van der Waals surface area contributed by atoms with Crippen molar-refractivity contribution in [1.82, 2.24) is 9.80 Å². The Bertz CT molecular complexity index is 864. The quantitative estimate of drug-likeness (QED) is 0.871. The van der Waals surface area contributed by atoms with Crippen LogP contribution in [0.5, 0.6) is 0 Å². The van der Waals surface area contributed by atoms with Crippen molar-refractivity contribution in [3.63, 3.8) is 0 Å². The van der Waals surface area contributed by atoms with Gasteiger partial charge in [0, 0.05) is 26.3 Å². The first-order valence-corrected chi connectivity index (χ1v) is 8.93. The van der Waals surface area contributed by atoms with Gasteiger partial charge in [-0.15, -0.1) is 0 Å². The standard InChI is InChI=1S/C19H20ClN3O4/c1-22(2)18(25)13-8-7-12(11-14(13)20)21-17(24)15-5-3-9-23(15)19(26)16-6-4-10-27-16/h4,6-8,10-11,15H,3,5,9H2,1-2H3,(H,21,24). The van der Waals surface area contributed by atoms with Gasteiger partial charge in [0.1, 0.15) is 6.04 Å². The van der Waals surface area contributed by atoms with Crippen molar-refractivity contribution in [2.24, 2.45) is 0 Å². The number of nitrogens with one attached hydrogen (secondary N) is 1. The molecule has 1 fully saturated rings. The molecule has 0 saturated carbocycles. The van der Waals surface area contributed by atoms with E-state index in [0.29, 0.717) is 24.2 Å². The van der Waals surface area contributed by atoms with E-state index in [1.54, 1.807) is 38.4 Å². The molecule has 3 rings (SSSR count).